The number of piperazine rings is 1. The number of hydrogen-bond acceptors (Lipinski definition) is 5. The topological polar surface area (TPSA) is 87.2 Å². The molecule has 2 aliphatic heterocycles. The molecule has 136 valence electrons. The third kappa shape index (κ3) is 3.34. The molecule has 25 heavy (non-hydrogen) atoms. The second-order valence-corrected chi connectivity index (χ2v) is 7.94. The lowest BCUT2D eigenvalue weighted by Gasteiger charge is -2.32. The summed E-state index contributed by atoms with van der Waals surface area (Å²) >= 11 is 0. The van der Waals surface area contributed by atoms with Gasteiger partial charge in [0.15, 0.2) is 0 Å². The van der Waals surface area contributed by atoms with Crippen LogP contribution in [0.4, 0.5) is 5.69 Å². The van der Waals surface area contributed by atoms with Gasteiger partial charge in [-0.1, -0.05) is 0 Å². The quantitative estimate of drug-likeness (QED) is 0.698. The molecule has 2 amide bonds. The highest BCUT2D eigenvalue weighted by Crippen LogP contribution is 2.33. The van der Waals surface area contributed by atoms with Crippen LogP contribution < -0.4 is 9.64 Å². The fourth-order valence-electron chi connectivity index (χ4n) is 3.14. The van der Waals surface area contributed by atoms with Gasteiger partial charge in [0.25, 0.3) is 0 Å². The molecular weight excluding hydrogens is 346 g/mol. The molecule has 0 bridgehead atoms. The predicted molar refractivity (Wildman–Crippen MR) is 91.0 cm³/mol. The molecule has 8 nitrogen and oxygen atoms in total. The minimum Gasteiger partial charge on any atom is -0.495 e. The summed E-state index contributed by atoms with van der Waals surface area (Å²) in [6, 6.07) is 4.78. The zero-order valence-corrected chi connectivity index (χ0v) is 14.9. The third-order valence-corrected chi connectivity index (χ3v) is 6.49. The number of nitrogens with zero attached hydrogens (tertiary/aromatic N) is 3. The fraction of sp³-hybridized carbons (Fsp3) is 0.500. The van der Waals surface area contributed by atoms with Gasteiger partial charge in [0.05, 0.1) is 7.11 Å². The number of benzene rings is 1. The van der Waals surface area contributed by atoms with Crippen molar-refractivity contribution in [3.05, 3.63) is 18.2 Å². The standard InChI is InChI=1S/C16H21N3O5S/c1-24-14-5-4-13(19-6-2-3-16(19)21)11-15(14)25(22,23)18-9-7-17(12-20)8-10-18/h4-5,11-12H,2-3,6-10H2,1H3. The summed E-state index contributed by atoms with van der Waals surface area (Å²) in [7, 11) is -2.36. The average Bonchev–Trinajstić information content (AvgIpc) is 3.07. The molecule has 0 radical (unpaired) electrons. The Bertz CT molecular complexity index is 772. The molecule has 0 spiro atoms. The highest BCUT2D eigenvalue weighted by Gasteiger charge is 2.32. The molecule has 0 atom stereocenters. The first-order valence-electron chi connectivity index (χ1n) is 8.15. The maximum absolute atomic E-state index is 13.0. The van der Waals surface area contributed by atoms with E-state index in [4.69, 9.17) is 4.74 Å². The molecule has 2 heterocycles. The predicted octanol–water partition coefficient (Wildman–Crippen LogP) is 0.285. The number of amides is 2. The van der Waals surface area contributed by atoms with Gasteiger partial charge in [0.1, 0.15) is 10.6 Å². The molecule has 0 unspecified atom stereocenters. The van der Waals surface area contributed by atoms with E-state index >= 15 is 0 Å². The van der Waals surface area contributed by atoms with Crippen molar-refractivity contribution in [1.82, 2.24) is 9.21 Å². The zero-order valence-electron chi connectivity index (χ0n) is 14.1. The van der Waals surface area contributed by atoms with E-state index in [1.807, 2.05) is 0 Å². The van der Waals surface area contributed by atoms with E-state index in [2.05, 4.69) is 0 Å². The highest BCUT2D eigenvalue weighted by atomic mass is 32.2. The van der Waals surface area contributed by atoms with Crippen molar-refractivity contribution < 1.29 is 22.7 Å². The highest BCUT2D eigenvalue weighted by molar-refractivity contribution is 7.89. The summed E-state index contributed by atoms with van der Waals surface area (Å²) in [6.45, 7) is 1.77. The number of hydrogen-bond donors (Lipinski definition) is 0. The zero-order chi connectivity index (χ0) is 18.0. The van der Waals surface area contributed by atoms with Gasteiger partial charge in [-0.25, -0.2) is 8.42 Å². The normalized spacial score (nSPS) is 19.3. The second kappa shape index (κ2) is 7.01. The first-order valence-corrected chi connectivity index (χ1v) is 9.59. The summed E-state index contributed by atoms with van der Waals surface area (Å²) in [5.74, 6) is 0.237. The first-order chi connectivity index (χ1) is 12.0. The Morgan fingerprint density at radius 2 is 1.84 bits per heavy atom. The van der Waals surface area contributed by atoms with Crippen LogP contribution in [0.25, 0.3) is 0 Å². The summed E-state index contributed by atoms with van der Waals surface area (Å²) in [5, 5.41) is 0. The fourth-order valence-corrected chi connectivity index (χ4v) is 4.74. The first kappa shape index (κ1) is 17.7. The van der Waals surface area contributed by atoms with Gasteiger partial charge < -0.3 is 14.5 Å². The summed E-state index contributed by atoms with van der Waals surface area (Å²) in [5.41, 5.74) is 0.563. The van der Waals surface area contributed by atoms with Gasteiger partial charge >= 0.3 is 0 Å². The van der Waals surface area contributed by atoms with Crippen LogP contribution in [0.15, 0.2) is 23.1 Å². The van der Waals surface area contributed by atoms with Crippen molar-refractivity contribution in [3.63, 3.8) is 0 Å². The van der Waals surface area contributed by atoms with Crippen LogP contribution in [0.3, 0.4) is 0 Å². The Morgan fingerprint density at radius 1 is 1.12 bits per heavy atom. The number of sulfonamides is 1. The molecule has 1 aromatic rings. The molecular formula is C16H21N3O5S. The van der Waals surface area contributed by atoms with E-state index in [-0.39, 0.29) is 29.6 Å². The van der Waals surface area contributed by atoms with E-state index in [0.717, 1.165) is 12.8 Å². The molecule has 2 saturated heterocycles. The van der Waals surface area contributed by atoms with Gasteiger partial charge in [-0.05, 0) is 24.6 Å². The maximum Gasteiger partial charge on any atom is 0.246 e. The van der Waals surface area contributed by atoms with Crippen LogP contribution in [0.1, 0.15) is 12.8 Å². The Hall–Kier alpha value is -2.13. The van der Waals surface area contributed by atoms with Crippen molar-refractivity contribution in [1.29, 1.82) is 0 Å². The van der Waals surface area contributed by atoms with Crippen molar-refractivity contribution in [3.8, 4) is 5.75 Å². The minimum atomic E-state index is -3.78. The Kier molecular flexibility index (Phi) is 4.96. The molecule has 3 rings (SSSR count). The summed E-state index contributed by atoms with van der Waals surface area (Å²) in [6.07, 6.45) is 1.96. The van der Waals surface area contributed by atoms with Gasteiger partial charge in [-0.2, -0.15) is 4.31 Å². The van der Waals surface area contributed by atoms with E-state index in [0.29, 0.717) is 31.7 Å². The van der Waals surface area contributed by atoms with Crippen molar-refractivity contribution >= 4 is 28.0 Å². The maximum atomic E-state index is 13.0. The van der Waals surface area contributed by atoms with Crippen LogP contribution in [-0.4, -0.2) is 69.8 Å². The molecule has 2 fully saturated rings. The second-order valence-electron chi connectivity index (χ2n) is 6.03. The van der Waals surface area contributed by atoms with Crippen molar-refractivity contribution in [2.45, 2.75) is 17.7 Å². The number of ether oxygens (including phenoxy) is 1. The number of methoxy groups -OCH3 is 1. The van der Waals surface area contributed by atoms with Crippen LogP contribution in [-0.2, 0) is 19.6 Å². The van der Waals surface area contributed by atoms with Crippen LogP contribution in [0, 0.1) is 0 Å². The van der Waals surface area contributed by atoms with E-state index < -0.39 is 10.0 Å². The lowest BCUT2D eigenvalue weighted by atomic mass is 10.3. The van der Waals surface area contributed by atoms with Gasteiger partial charge in [0, 0.05) is 44.8 Å². The Balaban J connectivity index is 1.94. The van der Waals surface area contributed by atoms with Gasteiger partial charge in [0.2, 0.25) is 22.3 Å². The largest absolute Gasteiger partial charge is 0.495 e. The third-order valence-electron chi connectivity index (χ3n) is 4.57. The van der Waals surface area contributed by atoms with Crippen LogP contribution in [0.5, 0.6) is 5.75 Å². The lowest BCUT2D eigenvalue weighted by Crippen LogP contribution is -2.48. The smallest absolute Gasteiger partial charge is 0.246 e. The number of carbonyl (C=O) groups is 2. The Morgan fingerprint density at radius 3 is 2.40 bits per heavy atom. The molecule has 1 aromatic carbocycles. The van der Waals surface area contributed by atoms with E-state index in [9.17, 15) is 18.0 Å². The molecule has 9 heteroatoms. The molecule has 0 aliphatic carbocycles. The van der Waals surface area contributed by atoms with Crippen molar-refractivity contribution in [2.75, 3.05) is 44.7 Å². The van der Waals surface area contributed by atoms with Gasteiger partial charge in [-0.3, -0.25) is 9.59 Å². The number of rotatable bonds is 5. The van der Waals surface area contributed by atoms with Crippen molar-refractivity contribution in [2.24, 2.45) is 0 Å². The monoisotopic (exact) mass is 367 g/mol. The minimum absolute atomic E-state index is 0.00638. The number of anilines is 1. The summed E-state index contributed by atoms with van der Waals surface area (Å²) in [4.78, 5) is 26.0. The molecule has 2 aliphatic rings. The van der Waals surface area contributed by atoms with E-state index in [1.165, 1.54) is 17.5 Å². The lowest BCUT2D eigenvalue weighted by molar-refractivity contribution is -0.119. The molecule has 0 N–H and O–H groups in total. The SMILES string of the molecule is COc1ccc(N2CCCC2=O)cc1S(=O)(=O)N1CCN(C=O)CC1. The number of carbonyl (C=O) groups excluding carboxylic acids is 2. The molecule has 0 saturated carbocycles. The van der Waals surface area contributed by atoms with Crippen LogP contribution >= 0.6 is 0 Å². The summed E-state index contributed by atoms with van der Waals surface area (Å²) < 4.78 is 32.7. The van der Waals surface area contributed by atoms with E-state index in [1.54, 1.807) is 21.9 Å². The average molecular weight is 367 g/mol. The van der Waals surface area contributed by atoms with Gasteiger partial charge in [-0.15, -0.1) is 0 Å². The molecule has 0 aromatic heterocycles. The Labute approximate surface area is 147 Å². The van der Waals surface area contributed by atoms with Crippen LogP contribution in [0.2, 0.25) is 0 Å².